The first-order chi connectivity index (χ1) is 8.56. The van der Waals surface area contributed by atoms with Crippen LogP contribution in [-0.2, 0) is 0 Å². The van der Waals surface area contributed by atoms with Crippen molar-refractivity contribution in [2.24, 2.45) is 0 Å². The van der Waals surface area contributed by atoms with E-state index in [0.717, 1.165) is 28.1 Å². The van der Waals surface area contributed by atoms with Crippen LogP contribution in [0.15, 0.2) is 23.0 Å². The van der Waals surface area contributed by atoms with Gasteiger partial charge in [0.25, 0.3) is 0 Å². The molecule has 0 saturated heterocycles. The van der Waals surface area contributed by atoms with Gasteiger partial charge in [0.2, 0.25) is 0 Å². The number of aromatic amines is 1. The van der Waals surface area contributed by atoms with E-state index in [1.807, 2.05) is 32.9 Å². The second-order valence-electron chi connectivity index (χ2n) is 4.57. The Morgan fingerprint density at radius 3 is 2.56 bits per heavy atom. The predicted octanol–water partition coefficient (Wildman–Crippen LogP) is 2.40. The summed E-state index contributed by atoms with van der Waals surface area (Å²) in [6, 6.07) is 5.38. The Bertz CT molecular complexity index is 834. The number of fused-ring (bicyclic) bond motifs is 3. The highest BCUT2D eigenvalue weighted by molar-refractivity contribution is 6.02. The molecule has 1 N–H and O–H groups in total. The molecule has 0 amide bonds. The molecular weight excluding hydrogens is 226 g/mol. The van der Waals surface area contributed by atoms with Crippen LogP contribution >= 0.6 is 0 Å². The minimum absolute atomic E-state index is 0.00981. The largest absolute Gasteiger partial charge is 0.358 e. The number of pyridine rings is 1. The Labute approximate surface area is 104 Å². The van der Waals surface area contributed by atoms with Crippen LogP contribution in [0.2, 0.25) is 0 Å². The third kappa shape index (κ3) is 1.49. The van der Waals surface area contributed by atoms with Gasteiger partial charge in [-0.15, -0.1) is 0 Å². The van der Waals surface area contributed by atoms with Gasteiger partial charge >= 0.3 is 0 Å². The topological polar surface area (TPSA) is 58.6 Å². The van der Waals surface area contributed by atoms with E-state index in [0.29, 0.717) is 10.9 Å². The van der Waals surface area contributed by atoms with Crippen molar-refractivity contribution in [3.63, 3.8) is 0 Å². The van der Waals surface area contributed by atoms with Crippen molar-refractivity contribution >= 4 is 21.9 Å². The molecule has 0 radical (unpaired) electrons. The summed E-state index contributed by atoms with van der Waals surface area (Å²) in [6.45, 7) is 5.70. The summed E-state index contributed by atoms with van der Waals surface area (Å²) < 4.78 is 0. The standard InChI is InChI=1S/C14H13N3O/c1-7-6-12(18)13-10(15-7)4-5-11-14(13)17-9(3)8(2)16-11/h4-6H,1-3H3,(H,15,18). The highest BCUT2D eigenvalue weighted by Gasteiger charge is 2.09. The molecule has 0 saturated carbocycles. The minimum atomic E-state index is -0.00981. The zero-order chi connectivity index (χ0) is 12.9. The summed E-state index contributed by atoms with van der Waals surface area (Å²) in [5.74, 6) is 0. The fraction of sp³-hybridized carbons (Fsp3) is 0.214. The lowest BCUT2D eigenvalue weighted by atomic mass is 10.1. The predicted molar refractivity (Wildman–Crippen MR) is 71.9 cm³/mol. The molecule has 3 rings (SSSR count). The second kappa shape index (κ2) is 3.63. The van der Waals surface area contributed by atoms with Crippen molar-refractivity contribution in [2.75, 3.05) is 0 Å². The number of nitrogens with one attached hydrogen (secondary N) is 1. The highest BCUT2D eigenvalue weighted by atomic mass is 16.1. The molecule has 2 aromatic heterocycles. The van der Waals surface area contributed by atoms with Crippen LogP contribution in [0.3, 0.4) is 0 Å². The molecule has 4 nitrogen and oxygen atoms in total. The van der Waals surface area contributed by atoms with Crippen molar-refractivity contribution in [2.45, 2.75) is 20.8 Å². The zero-order valence-corrected chi connectivity index (χ0v) is 10.5. The number of aromatic nitrogens is 3. The number of aryl methyl sites for hydroxylation is 3. The Morgan fingerprint density at radius 1 is 1.06 bits per heavy atom. The number of nitrogens with zero attached hydrogens (tertiary/aromatic N) is 2. The summed E-state index contributed by atoms with van der Waals surface area (Å²) in [6.07, 6.45) is 0. The molecule has 4 heteroatoms. The SMILES string of the molecule is Cc1cc(=O)c2c(ccc3nc(C)c(C)nc32)[nH]1. The van der Waals surface area contributed by atoms with E-state index in [4.69, 9.17) is 0 Å². The molecule has 0 aliphatic rings. The van der Waals surface area contributed by atoms with Gasteiger partial charge in [0, 0.05) is 11.8 Å². The van der Waals surface area contributed by atoms with Crippen molar-refractivity contribution in [1.29, 1.82) is 0 Å². The second-order valence-corrected chi connectivity index (χ2v) is 4.57. The normalized spacial score (nSPS) is 11.3. The lowest BCUT2D eigenvalue weighted by Crippen LogP contribution is -2.05. The summed E-state index contributed by atoms with van der Waals surface area (Å²) in [5.41, 5.74) is 4.84. The van der Waals surface area contributed by atoms with Gasteiger partial charge in [-0.3, -0.25) is 4.79 Å². The molecule has 18 heavy (non-hydrogen) atoms. The quantitative estimate of drug-likeness (QED) is 0.613. The van der Waals surface area contributed by atoms with Crippen molar-refractivity contribution in [3.8, 4) is 0 Å². The molecule has 2 heterocycles. The van der Waals surface area contributed by atoms with E-state index in [9.17, 15) is 4.79 Å². The number of rotatable bonds is 0. The summed E-state index contributed by atoms with van der Waals surface area (Å²) in [4.78, 5) is 24.3. The highest BCUT2D eigenvalue weighted by Crippen LogP contribution is 2.19. The Morgan fingerprint density at radius 2 is 1.78 bits per heavy atom. The van der Waals surface area contributed by atoms with E-state index < -0.39 is 0 Å². The molecule has 0 aliphatic heterocycles. The van der Waals surface area contributed by atoms with E-state index in [1.54, 1.807) is 6.07 Å². The van der Waals surface area contributed by atoms with Gasteiger partial charge in [-0.1, -0.05) is 0 Å². The Kier molecular flexibility index (Phi) is 2.20. The van der Waals surface area contributed by atoms with E-state index in [2.05, 4.69) is 15.0 Å². The van der Waals surface area contributed by atoms with Crippen LogP contribution in [0, 0.1) is 20.8 Å². The fourth-order valence-corrected chi connectivity index (χ4v) is 2.16. The van der Waals surface area contributed by atoms with Gasteiger partial charge in [-0.2, -0.15) is 0 Å². The van der Waals surface area contributed by atoms with Gasteiger partial charge in [-0.05, 0) is 32.9 Å². The first-order valence-electron chi connectivity index (χ1n) is 5.84. The van der Waals surface area contributed by atoms with Crippen LogP contribution < -0.4 is 5.43 Å². The Balaban J connectivity index is 2.61. The summed E-state index contributed by atoms with van der Waals surface area (Å²) in [7, 11) is 0. The maximum Gasteiger partial charge on any atom is 0.191 e. The summed E-state index contributed by atoms with van der Waals surface area (Å²) in [5, 5.41) is 0.619. The number of H-pyrrole nitrogens is 1. The molecule has 0 aliphatic carbocycles. The van der Waals surface area contributed by atoms with Crippen LogP contribution in [0.5, 0.6) is 0 Å². The van der Waals surface area contributed by atoms with Gasteiger partial charge in [0.15, 0.2) is 5.43 Å². The number of hydrogen-bond acceptors (Lipinski definition) is 3. The van der Waals surface area contributed by atoms with Crippen molar-refractivity contribution in [1.82, 2.24) is 15.0 Å². The molecule has 0 fully saturated rings. The lowest BCUT2D eigenvalue weighted by molar-refractivity contribution is 1.10. The molecule has 90 valence electrons. The van der Waals surface area contributed by atoms with Gasteiger partial charge in [0.1, 0.15) is 5.52 Å². The van der Waals surface area contributed by atoms with E-state index in [1.165, 1.54) is 0 Å². The molecule has 1 aromatic carbocycles. The fourth-order valence-electron chi connectivity index (χ4n) is 2.16. The third-order valence-electron chi connectivity index (χ3n) is 3.17. The van der Waals surface area contributed by atoms with Crippen LogP contribution in [-0.4, -0.2) is 15.0 Å². The van der Waals surface area contributed by atoms with Gasteiger partial charge < -0.3 is 4.98 Å². The van der Waals surface area contributed by atoms with Crippen molar-refractivity contribution in [3.05, 3.63) is 45.5 Å². The number of benzene rings is 1. The first kappa shape index (κ1) is 10.9. The van der Waals surface area contributed by atoms with Crippen LogP contribution in [0.1, 0.15) is 17.1 Å². The zero-order valence-electron chi connectivity index (χ0n) is 10.5. The monoisotopic (exact) mass is 239 g/mol. The van der Waals surface area contributed by atoms with Crippen LogP contribution in [0.4, 0.5) is 0 Å². The summed E-state index contributed by atoms with van der Waals surface area (Å²) >= 11 is 0. The molecule has 0 spiro atoms. The molecule has 0 bridgehead atoms. The van der Waals surface area contributed by atoms with E-state index in [-0.39, 0.29) is 5.43 Å². The maximum absolute atomic E-state index is 12.1. The molecule has 3 aromatic rings. The minimum Gasteiger partial charge on any atom is -0.358 e. The molecular formula is C14H13N3O. The molecule has 0 atom stereocenters. The average molecular weight is 239 g/mol. The molecule has 0 unspecified atom stereocenters. The van der Waals surface area contributed by atoms with Crippen LogP contribution in [0.25, 0.3) is 21.9 Å². The number of hydrogen-bond donors (Lipinski definition) is 1. The maximum atomic E-state index is 12.1. The smallest absolute Gasteiger partial charge is 0.191 e. The average Bonchev–Trinajstić information content (AvgIpc) is 2.30. The van der Waals surface area contributed by atoms with Gasteiger partial charge in [0.05, 0.1) is 27.8 Å². The Hall–Kier alpha value is -2.23. The van der Waals surface area contributed by atoms with Gasteiger partial charge in [-0.25, -0.2) is 9.97 Å². The first-order valence-corrected chi connectivity index (χ1v) is 5.84. The van der Waals surface area contributed by atoms with Crippen molar-refractivity contribution < 1.29 is 0 Å². The lowest BCUT2D eigenvalue weighted by Gasteiger charge is -2.06. The third-order valence-corrected chi connectivity index (χ3v) is 3.17. The van der Waals surface area contributed by atoms with E-state index >= 15 is 0 Å².